The molecule has 194 valence electrons. The molecule has 1 spiro atoms. The summed E-state index contributed by atoms with van der Waals surface area (Å²) in [5.74, 6) is 0. The molecular weight excluding hydrogens is 529 g/mol. The second-order valence-electron chi connectivity index (χ2n) is 11.3. The molecule has 3 aromatic heterocycles. The van der Waals surface area contributed by atoms with E-state index in [9.17, 15) is 0 Å². The third-order valence-electron chi connectivity index (χ3n) is 9.32. The van der Waals surface area contributed by atoms with Crippen LogP contribution in [0.4, 0.5) is 0 Å². The van der Waals surface area contributed by atoms with E-state index in [-0.39, 0.29) is 5.41 Å². The van der Waals surface area contributed by atoms with Gasteiger partial charge in [0.25, 0.3) is 0 Å². The molecule has 1 unspecified atom stereocenters. The highest BCUT2D eigenvalue weighted by atomic mass is 32.1. The van der Waals surface area contributed by atoms with E-state index < -0.39 is 0 Å². The first kappa shape index (κ1) is 22.6. The minimum absolute atomic E-state index is 0.376. The smallest absolute Gasteiger partial charge is 0.0972 e. The minimum atomic E-state index is -0.376. The Morgan fingerprint density at radius 1 is 0.548 bits per heavy atom. The van der Waals surface area contributed by atoms with Gasteiger partial charge in [-0.15, -0.1) is 11.3 Å². The summed E-state index contributed by atoms with van der Waals surface area (Å²) in [7, 11) is 0. The molecule has 0 aliphatic heterocycles. The quantitative estimate of drug-likeness (QED) is 0.190. The van der Waals surface area contributed by atoms with Crippen LogP contribution in [-0.2, 0) is 5.41 Å². The Bertz CT molecular complexity index is 2430. The summed E-state index contributed by atoms with van der Waals surface area (Å²) < 4.78 is 1.34. The van der Waals surface area contributed by atoms with Crippen LogP contribution in [0.5, 0.6) is 0 Å². The fourth-order valence-electron chi connectivity index (χ4n) is 7.63. The van der Waals surface area contributed by atoms with Crippen molar-refractivity contribution in [2.75, 3.05) is 0 Å². The van der Waals surface area contributed by atoms with Gasteiger partial charge in [-0.25, -0.2) is 4.98 Å². The SMILES string of the molecule is c1ccc2c(c1)-c1ccc(-c3ccc4ccc5cccnc5c4n3)cc1C21c2ccccc2-c2sc3ccccc3c21. The monoisotopic (exact) mass is 550 g/mol. The Labute approximate surface area is 246 Å². The molecule has 0 N–H and O–H groups in total. The minimum Gasteiger partial charge on any atom is -0.254 e. The molecule has 0 fully saturated rings. The van der Waals surface area contributed by atoms with Gasteiger partial charge in [0.05, 0.1) is 22.1 Å². The highest BCUT2D eigenvalue weighted by molar-refractivity contribution is 7.22. The van der Waals surface area contributed by atoms with Gasteiger partial charge in [0.15, 0.2) is 0 Å². The van der Waals surface area contributed by atoms with E-state index in [2.05, 4.69) is 121 Å². The van der Waals surface area contributed by atoms with Gasteiger partial charge in [-0.05, 0) is 68.6 Å². The second-order valence-corrected chi connectivity index (χ2v) is 12.4. The van der Waals surface area contributed by atoms with E-state index in [1.54, 1.807) is 0 Å². The summed E-state index contributed by atoms with van der Waals surface area (Å²) in [6.07, 6.45) is 1.85. The third kappa shape index (κ3) is 2.70. The van der Waals surface area contributed by atoms with E-state index in [0.29, 0.717) is 0 Å². The first-order valence-electron chi connectivity index (χ1n) is 14.3. The Morgan fingerprint density at radius 3 is 2.17 bits per heavy atom. The van der Waals surface area contributed by atoms with E-state index in [4.69, 9.17) is 9.97 Å². The van der Waals surface area contributed by atoms with E-state index in [1.165, 1.54) is 53.9 Å². The van der Waals surface area contributed by atoms with Crippen LogP contribution < -0.4 is 0 Å². The summed E-state index contributed by atoms with van der Waals surface area (Å²) in [6.45, 7) is 0. The van der Waals surface area contributed by atoms with Gasteiger partial charge >= 0.3 is 0 Å². The van der Waals surface area contributed by atoms with Crippen LogP contribution in [0.1, 0.15) is 22.3 Å². The first-order chi connectivity index (χ1) is 20.8. The lowest BCUT2D eigenvalue weighted by Gasteiger charge is -2.30. The van der Waals surface area contributed by atoms with Crippen molar-refractivity contribution in [2.24, 2.45) is 0 Å². The Hall–Kier alpha value is -5.12. The second kappa shape index (κ2) is 8.00. The molecule has 0 bridgehead atoms. The topological polar surface area (TPSA) is 25.8 Å². The number of benzene rings is 5. The number of hydrogen-bond donors (Lipinski definition) is 0. The molecule has 0 radical (unpaired) electrons. The normalized spacial score (nSPS) is 16.2. The Morgan fingerprint density at radius 2 is 1.26 bits per heavy atom. The van der Waals surface area contributed by atoms with Gasteiger partial charge in [-0.2, -0.15) is 0 Å². The number of nitrogens with zero attached hydrogens (tertiary/aromatic N) is 2. The van der Waals surface area contributed by atoms with Crippen molar-refractivity contribution in [3.05, 3.63) is 156 Å². The summed E-state index contributed by atoms with van der Waals surface area (Å²) in [5.41, 5.74) is 13.1. The summed E-state index contributed by atoms with van der Waals surface area (Å²) in [6, 6.07) is 46.7. The first-order valence-corrected chi connectivity index (χ1v) is 15.2. The van der Waals surface area contributed by atoms with Gasteiger partial charge in [0.2, 0.25) is 0 Å². The maximum atomic E-state index is 5.23. The zero-order valence-electron chi connectivity index (χ0n) is 22.5. The van der Waals surface area contributed by atoms with Gasteiger partial charge in [-0.3, -0.25) is 4.98 Å². The van der Waals surface area contributed by atoms with E-state index >= 15 is 0 Å². The van der Waals surface area contributed by atoms with Gasteiger partial charge in [-0.1, -0.05) is 103 Å². The number of rotatable bonds is 1. The maximum Gasteiger partial charge on any atom is 0.0972 e. The van der Waals surface area contributed by atoms with Crippen molar-refractivity contribution < 1.29 is 0 Å². The van der Waals surface area contributed by atoms with Crippen LogP contribution in [0.2, 0.25) is 0 Å². The number of thiophene rings is 1. The average Bonchev–Trinajstić information content (AvgIpc) is 3.68. The lowest BCUT2D eigenvalue weighted by atomic mass is 9.70. The zero-order chi connectivity index (χ0) is 27.4. The highest BCUT2D eigenvalue weighted by Gasteiger charge is 2.53. The molecule has 3 heteroatoms. The molecule has 8 aromatic rings. The van der Waals surface area contributed by atoms with Gasteiger partial charge < -0.3 is 0 Å². The Balaban J connectivity index is 1.31. The number of hydrogen-bond acceptors (Lipinski definition) is 3. The molecule has 5 aromatic carbocycles. The van der Waals surface area contributed by atoms with E-state index in [1.807, 2.05) is 23.6 Å². The van der Waals surface area contributed by atoms with Crippen molar-refractivity contribution in [3.63, 3.8) is 0 Å². The van der Waals surface area contributed by atoms with Crippen LogP contribution in [0.25, 0.3) is 64.7 Å². The van der Waals surface area contributed by atoms with Gasteiger partial charge in [0.1, 0.15) is 0 Å². The number of fused-ring (bicyclic) bond motifs is 15. The standard InChI is InChI=1S/C39H22N2S/c1-4-12-30-26(9-1)27-19-17-25(33-20-18-24-16-15-23-8-7-21-40-36(23)37(24)41-33)22-32(27)39(30)31-13-5-2-10-28(31)38-35(39)29-11-3-6-14-34(29)42-38/h1-22H. The predicted octanol–water partition coefficient (Wildman–Crippen LogP) is 10.0. The summed E-state index contributed by atoms with van der Waals surface area (Å²) in [5, 5.41) is 3.56. The molecule has 3 heterocycles. The van der Waals surface area contributed by atoms with Crippen LogP contribution in [0.3, 0.4) is 0 Å². The molecule has 2 aliphatic carbocycles. The molecule has 0 saturated heterocycles. The van der Waals surface area contributed by atoms with Gasteiger partial charge in [0, 0.05) is 32.1 Å². The Kier molecular flexibility index (Phi) is 4.29. The van der Waals surface area contributed by atoms with E-state index in [0.717, 1.165) is 33.1 Å². The fraction of sp³-hybridized carbons (Fsp3) is 0.0256. The summed E-state index contributed by atoms with van der Waals surface area (Å²) >= 11 is 1.92. The predicted molar refractivity (Wildman–Crippen MR) is 174 cm³/mol. The van der Waals surface area contributed by atoms with Crippen molar-refractivity contribution in [1.29, 1.82) is 0 Å². The lowest BCUT2D eigenvalue weighted by molar-refractivity contribution is 0.803. The maximum absolute atomic E-state index is 5.23. The number of aromatic nitrogens is 2. The summed E-state index contributed by atoms with van der Waals surface area (Å²) in [4.78, 5) is 11.3. The van der Waals surface area contributed by atoms with Crippen molar-refractivity contribution in [1.82, 2.24) is 9.97 Å². The molecule has 2 nitrogen and oxygen atoms in total. The lowest BCUT2D eigenvalue weighted by Crippen LogP contribution is -2.25. The molecule has 0 saturated carbocycles. The molecule has 2 aliphatic rings. The molecule has 10 rings (SSSR count). The molecule has 42 heavy (non-hydrogen) atoms. The zero-order valence-corrected chi connectivity index (χ0v) is 23.3. The largest absolute Gasteiger partial charge is 0.254 e. The van der Waals surface area contributed by atoms with Crippen LogP contribution in [0.15, 0.2) is 134 Å². The van der Waals surface area contributed by atoms with Crippen molar-refractivity contribution in [3.8, 4) is 32.8 Å². The average molecular weight is 551 g/mol. The molecule has 1 atom stereocenters. The van der Waals surface area contributed by atoms with Crippen LogP contribution >= 0.6 is 11.3 Å². The molecule has 0 amide bonds. The molecular formula is C39H22N2S. The fourth-order valence-corrected chi connectivity index (χ4v) is 8.93. The highest BCUT2D eigenvalue weighted by Crippen LogP contribution is 2.66. The van der Waals surface area contributed by atoms with Crippen LogP contribution in [0, 0.1) is 0 Å². The van der Waals surface area contributed by atoms with Crippen molar-refractivity contribution >= 4 is 43.2 Å². The van der Waals surface area contributed by atoms with Crippen molar-refractivity contribution in [2.45, 2.75) is 5.41 Å². The third-order valence-corrected chi connectivity index (χ3v) is 10.5. The van der Waals surface area contributed by atoms with Crippen LogP contribution in [-0.4, -0.2) is 9.97 Å². The number of pyridine rings is 2.